The Morgan fingerprint density at radius 3 is 2.86 bits per heavy atom. The molecular formula is C11H19N3. The standard InChI is InChI=1S/C11H19N3/c1-5-7-11(12-6-2)10-8-13-14(4)9(10)3/h5,8,11-12H,1,6-7H2,2-4H3. The van der Waals surface area contributed by atoms with Gasteiger partial charge in [0, 0.05) is 24.3 Å². The Hall–Kier alpha value is -1.09. The first-order valence-corrected chi connectivity index (χ1v) is 5.03. The molecule has 1 heterocycles. The fourth-order valence-corrected chi connectivity index (χ4v) is 1.59. The molecule has 3 nitrogen and oxygen atoms in total. The average Bonchev–Trinajstić information content (AvgIpc) is 2.48. The number of rotatable bonds is 5. The summed E-state index contributed by atoms with van der Waals surface area (Å²) in [5, 5.41) is 7.67. The first-order chi connectivity index (χ1) is 6.70. The first kappa shape index (κ1) is 11.0. The summed E-state index contributed by atoms with van der Waals surface area (Å²) in [4.78, 5) is 0. The number of aromatic nitrogens is 2. The molecule has 0 saturated carbocycles. The Balaban J connectivity index is 2.86. The molecule has 0 fully saturated rings. The van der Waals surface area contributed by atoms with Crippen LogP contribution >= 0.6 is 0 Å². The lowest BCUT2D eigenvalue weighted by Gasteiger charge is -2.15. The summed E-state index contributed by atoms with van der Waals surface area (Å²) in [7, 11) is 1.97. The Morgan fingerprint density at radius 1 is 1.71 bits per heavy atom. The molecule has 0 aliphatic carbocycles. The van der Waals surface area contributed by atoms with Gasteiger partial charge in [-0.2, -0.15) is 5.10 Å². The second-order valence-corrected chi connectivity index (χ2v) is 3.44. The molecule has 0 aliphatic rings. The predicted octanol–water partition coefficient (Wildman–Crippen LogP) is 1.96. The molecule has 0 aliphatic heterocycles. The van der Waals surface area contributed by atoms with E-state index in [0.29, 0.717) is 6.04 Å². The summed E-state index contributed by atoms with van der Waals surface area (Å²) in [6.07, 6.45) is 4.83. The smallest absolute Gasteiger partial charge is 0.0540 e. The van der Waals surface area contributed by atoms with Crippen molar-refractivity contribution in [2.45, 2.75) is 26.3 Å². The molecule has 0 aromatic carbocycles. The highest BCUT2D eigenvalue weighted by Crippen LogP contribution is 2.19. The molecule has 1 aromatic heterocycles. The molecule has 1 unspecified atom stereocenters. The van der Waals surface area contributed by atoms with Crippen molar-refractivity contribution >= 4 is 0 Å². The minimum Gasteiger partial charge on any atom is -0.310 e. The van der Waals surface area contributed by atoms with Crippen LogP contribution in [0.4, 0.5) is 0 Å². The van der Waals surface area contributed by atoms with Crippen molar-refractivity contribution in [2.75, 3.05) is 6.54 Å². The Bertz CT molecular complexity index is 301. The van der Waals surface area contributed by atoms with E-state index in [0.717, 1.165) is 13.0 Å². The molecule has 0 saturated heterocycles. The first-order valence-electron chi connectivity index (χ1n) is 5.03. The topological polar surface area (TPSA) is 29.9 Å². The van der Waals surface area contributed by atoms with Crippen LogP contribution in [-0.4, -0.2) is 16.3 Å². The van der Waals surface area contributed by atoms with Gasteiger partial charge in [0.05, 0.1) is 6.20 Å². The van der Waals surface area contributed by atoms with Crippen molar-refractivity contribution in [3.8, 4) is 0 Å². The molecule has 0 spiro atoms. The van der Waals surface area contributed by atoms with E-state index in [1.165, 1.54) is 11.3 Å². The fraction of sp³-hybridized carbons (Fsp3) is 0.545. The molecule has 1 atom stereocenters. The van der Waals surface area contributed by atoms with Gasteiger partial charge in [-0.3, -0.25) is 4.68 Å². The van der Waals surface area contributed by atoms with Crippen LogP contribution in [0.1, 0.15) is 30.6 Å². The van der Waals surface area contributed by atoms with Gasteiger partial charge in [-0.1, -0.05) is 13.0 Å². The van der Waals surface area contributed by atoms with Crippen LogP contribution in [0, 0.1) is 6.92 Å². The summed E-state index contributed by atoms with van der Waals surface area (Å²) in [5.41, 5.74) is 2.49. The summed E-state index contributed by atoms with van der Waals surface area (Å²) in [5.74, 6) is 0. The second kappa shape index (κ2) is 4.96. The lowest BCUT2D eigenvalue weighted by atomic mass is 10.1. The minimum atomic E-state index is 0.353. The van der Waals surface area contributed by atoms with Crippen LogP contribution in [0.15, 0.2) is 18.9 Å². The van der Waals surface area contributed by atoms with Crippen LogP contribution < -0.4 is 5.32 Å². The zero-order chi connectivity index (χ0) is 10.6. The summed E-state index contributed by atoms with van der Waals surface area (Å²) in [6.45, 7) is 8.95. The van der Waals surface area contributed by atoms with E-state index in [-0.39, 0.29) is 0 Å². The Kier molecular flexibility index (Phi) is 3.89. The quantitative estimate of drug-likeness (QED) is 0.724. The van der Waals surface area contributed by atoms with Gasteiger partial charge in [0.1, 0.15) is 0 Å². The summed E-state index contributed by atoms with van der Waals surface area (Å²) < 4.78 is 1.91. The number of nitrogens with zero attached hydrogens (tertiary/aromatic N) is 2. The summed E-state index contributed by atoms with van der Waals surface area (Å²) in [6, 6.07) is 0.353. The molecular weight excluding hydrogens is 174 g/mol. The maximum atomic E-state index is 4.24. The maximum Gasteiger partial charge on any atom is 0.0540 e. The van der Waals surface area contributed by atoms with Crippen LogP contribution in [0.5, 0.6) is 0 Å². The third-order valence-electron chi connectivity index (χ3n) is 2.50. The second-order valence-electron chi connectivity index (χ2n) is 3.44. The molecule has 1 rings (SSSR count). The van der Waals surface area contributed by atoms with Crippen molar-refractivity contribution in [1.29, 1.82) is 0 Å². The third kappa shape index (κ3) is 2.23. The Labute approximate surface area is 85.8 Å². The van der Waals surface area contributed by atoms with Crippen LogP contribution in [0.3, 0.4) is 0 Å². The predicted molar refractivity (Wildman–Crippen MR) is 59.2 cm³/mol. The molecule has 0 bridgehead atoms. The van der Waals surface area contributed by atoms with Crippen LogP contribution in [0.25, 0.3) is 0 Å². The molecule has 3 heteroatoms. The normalized spacial score (nSPS) is 12.8. The average molecular weight is 193 g/mol. The zero-order valence-electron chi connectivity index (χ0n) is 9.25. The van der Waals surface area contributed by atoms with E-state index in [2.05, 4.69) is 30.8 Å². The van der Waals surface area contributed by atoms with Crippen LogP contribution in [-0.2, 0) is 7.05 Å². The third-order valence-corrected chi connectivity index (χ3v) is 2.50. The van der Waals surface area contributed by atoms with Gasteiger partial charge in [-0.05, 0) is 19.9 Å². The van der Waals surface area contributed by atoms with Gasteiger partial charge < -0.3 is 5.32 Å². The van der Waals surface area contributed by atoms with Gasteiger partial charge in [-0.25, -0.2) is 0 Å². The van der Waals surface area contributed by atoms with Crippen LogP contribution in [0.2, 0.25) is 0 Å². The number of hydrogen-bond acceptors (Lipinski definition) is 2. The molecule has 0 radical (unpaired) electrons. The lowest BCUT2D eigenvalue weighted by Crippen LogP contribution is -2.20. The highest BCUT2D eigenvalue weighted by atomic mass is 15.3. The van der Waals surface area contributed by atoms with Crippen molar-refractivity contribution in [1.82, 2.24) is 15.1 Å². The molecule has 14 heavy (non-hydrogen) atoms. The highest BCUT2D eigenvalue weighted by molar-refractivity contribution is 5.21. The highest BCUT2D eigenvalue weighted by Gasteiger charge is 2.13. The van der Waals surface area contributed by atoms with E-state index in [9.17, 15) is 0 Å². The van der Waals surface area contributed by atoms with Gasteiger partial charge >= 0.3 is 0 Å². The molecule has 0 amide bonds. The van der Waals surface area contributed by atoms with E-state index in [4.69, 9.17) is 0 Å². The molecule has 78 valence electrons. The van der Waals surface area contributed by atoms with Gasteiger partial charge in [-0.15, -0.1) is 6.58 Å². The van der Waals surface area contributed by atoms with E-state index >= 15 is 0 Å². The monoisotopic (exact) mass is 193 g/mol. The van der Waals surface area contributed by atoms with Crippen molar-refractivity contribution < 1.29 is 0 Å². The molecule has 1 N–H and O–H groups in total. The van der Waals surface area contributed by atoms with Crippen molar-refractivity contribution in [3.63, 3.8) is 0 Å². The molecule has 1 aromatic rings. The van der Waals surface area contributed by atoms with Crippen molar-refractivity contribution in [2.24, 2.45) is 7.05 Å². The Morgan fingerprint density at radius 2 is 2.43 bits per heavy atom. The van der Waals surface area contributed by atoms with E-state index < -0.39 is 0 Å². The van der Waals surface area contributed by atoms with Gasteiger partial charge in [0.15, 0.2) is 0 Å². The number of hydrogen-bond donors (Lipinski definition) is 1. The SMILES string of the molecule is C=CCC(NCC)c1cnn(C)c1C. The largest absolute Gasteiger partial charge is 0.310 e. The maximum absolute atomic E-state index is 4.24. The van der Waals surface area contributed by atoms with E-state index in [1.54, 1.807) is 0 Å². The number of nitrogens with one attached hydrogen (secondary N) is 1. The van der Waals surface area contributed by atoms with E-state index in [1.807, 2.05) is 24.0 Å². The van der Waals surface area contributed by atoms with Gasteiger partial charge in [0.2, 0.25) is 0 Å². The minimum absolute atomic E-state index is 0.353. The summed E-state index contributed by atoms with van der Waals surface area (Å²) >= 11 is 0. The van der Waals surface area contributed by atoms with Crippen molar-refractivity contribution in [3.05, 3.63) is 30.1 Å². The number of aryl methyl sites for hydroxylation is 1. The zero-order valence-corrected chi connectivity index (χ0v) is 9.25. The fourth-order valence-electron chi connectivity index (χ4n) is 1.59. The lowest BCUT2D eigenvalue weighted by molar-refractivity contribution is 0.555. The van der Waals surface area contributed by atoms with Gasteiger partial charge in [0.25, 0.3) is 0 Å².